The molecule has 0 saturated carbocycles. The third-order valence-corrected chi connectivity index (χ3v) is 2.97. The summed E-state index contributed by atoms with van der Waals surface area (Å²) >= 11 is 5.51. The Morgan fingerprint density at radius 2 is 1.74 bits per heavy atom. The summed E-state index contributed by atoms with van der Waals surface area (Å²) < 4.78 is 0. The molecule has 0 bridgehead atoms. The van der Waals surface area contributed by atoms with Crippen LogP contribution >= 0.6 is 11.6 Å². The minimum absolute atomic E-state index is 0.0467. The van der Waals surface area contributed by atoms with Crippen molar-refractivity contribution in [3.63, 3.8) is 0 Å². The SMILES string of the molecule is O=C(Cl)c1ccccc1Cc1ccc([N+](=O)[O-])cc1. The molecule has 2 aromatic carbocycles. The third-order valence-electron chi connectivity index (χ3n) is 2.77. The average molecular weight is 276 g/mol. The number of carbonyl (C=O) groups is 1. The molecule has 0 N–H and O–H groups in total. The van der Waals surface area contributed by atoms with E-state index in [-0.39, 0.29) is 5.69 Å². The van der Waals surface area contributed by atoms with Gasteiger partial charge in [-0.3, -0.25) is 14.9 Å². The Hall–Kier alpha value is -2.20. The maximum atomic E-state index is 11.3. The van der Waals surface area contributed by atoms with Gasteiger partial charge in [0, 0.05) is 17.7 Å². The molecule has 0 atom stereocenters. The molecular weight excluding hydrogens is 266 g/mol. The van der Waals surface area contributed by atoms with Gasteiger partial charge < -0.3 is 0 Å². The number of carbonyl (C=O) groups excluding carboxylic acids is 1. The van der Waals surface area contributed by atoms with Crippen LogP contribution in [0.1, 0.15) is 21.5 Å². The van der Waals surface area contributed by atoms with Crippen LogP contribution in [0.15, 0.2) is 48.5 Å². The minimum atomic E-state index is -0.502. The molecule has 0 heterocycles. The van der Waals surface area contributed by atoms with Crippen molar-refractivity contribution in [3.05, 3.63) is 75.3 Å². The first-order valence-corrected chi connectivity index (χ1v) is 5.97. The van der Waals surface area contributed by atoms with Gasteiger partial charge in [0.1, 0.15) is 0 Å². The maximum absolute atomic E-state index is 11.3. The monoisotopic (exact) mass is 275 g/mol. The number of nitro benzene ring substituents is 1. The van der Waals surface area contributed by atoms with E-state index >= 15 is 0 Å². The van der Waals surface area contributed by atoms with E-state index in [9.17, 15) is 14.9 Å². The fourth-order valence-corrected chi connectivity index (χ4v) is 2.01. The normalized spacial score (nSPS) is 10.2. The van der Waals surface area contributed by atoms with Crippen LogP contribution in [0.2, 0.25) is 0 Å². The van der Waals surface area contributed by atoms with Crippen LogP contribution in [-0.4, -0.2) is 10.2 Å². The first kappa shape index (κ1) is 13.2. The van der Waals surface area contributed by atoms with Crippen molar-refractivity contribution >= 4 is 22.5 Å². The molecule has 0 aromatic heterocycles. The van der Waals surface area contributed by atoms with E-state index in [4.69, 9.17) is 11.6 Å². The molecule has 5 heteroatoms. The zero-order valence-electron chi connectivity index (χ0n) is 9.88. The maximum Gasteiger partial charge on any atom is 0.269 e. The van der Waals surface area contributed by atoms with Gasteiger partial charge in [0.2, 0.25) is 0 Å². The molecular formula is C14H10ClNO3. The van der Waals surface area contributed by atoms with E-state index in [2.05, 4.69) is 0 Å². The molecule has 0 unspecified atom stereocenters. The Balaban J connectivity index is 2.26. The summed E-state index contributed by atoms with van der Waals surface area (Å²) in [6, 6.07) is 13.3. The van der Waals surface area contributed by atoms with Crippen LogP contribution in [-0.2, 0) is 6.42 Å². The van der Waals surface area contributed by atoms with Gasteiger partial charge in [-0.1, -0.05) is 30.3 Å². The number of nitro groups is 1. The lowest BCUT2D eigenvalue weighted by molar-refractivity contribution is -0.384. The summed E-state index contributed by atoms with van der Waals surface area (Å²) in [5.41, 5.74) is 2.19. The lowest BCUT2D eigenvalue weighted by atomic mass is 10.0. The predicted octanol–water partition coefficient (Wildman–Crippen LogP) is 3.56. The Kier molecular flexibility index (Phi) is 3.92. The number of non-ortho nitro benzene ring substituents is 1. The van der Waals surface area contributed by atoms with Crippen molar-refractivity contribution < 1.29 is 9.72 Å². The number of hydrogen-bond acceptors (Lipinski definition) is 3. The number of nitrogens with zero attached hydrogens (tertiary/aromatic N) is 1. The van der Waals surface area contributed by atoms with Crippen molar-refractivity contribution in [3.8, 4) is 0 Å². The smallest absolute Gasteiger partial charge is 0.269 e. The van der Waals surface area contributed by atoms with Gasteiger partial charge >= 0.3 is 0 Å². The third kappa shape index (κ3) is 3.17. The molecule has 0 spiro atoms. The second-order valence-electron chi connectivity index (χ2n) is 4.03. The molecule has 19 heavy (non-hydrogen) atoms. The van der Waals surface area contributed by atoms with Crippen molar-refractivity contribution in [2.24, 2.45) is 0 Å². The molecule has 0 aliphatic heterocycles. The zero-order chi connectivity index (χ0) is 13.8. The largest absolute Gasteiger partial charge is 0.276 e. The first-order valence-electron chi connectivity index (χ1n) is 5.59. The van der Waals surface area contributed by atoms with Gasteiger partial charge in [0.05, 0.1) is 4.92 Å². The lowest BCUT2D eigenvalue weighted by Gasteiger charge is -2.05. The van der Waals surface area contributed by atoms with Crippen LogP contribution in [0.25, 0.3) is 0 Å². The van der Waals surface area contributed by atoms with E-state index in [1.54, 1.807) is 24.3 Å². The second-order valence-corrected chi connectivity index (χ2v) is 4.37. The highest BCUT2D eigenvalue weighted by Crippen LogP contribution is 2.18. The Bertz CT molecular complexity index is 623. The fraction of sp³-hybridized carbons (Fsp3) is 0.0714. The highest BCUT2D eigenvalue weighted by atomic mass is 35.5. The van der Waals surface area contributed by atoms with Crippen LogP contribution in [0.3, 0.4) is 0 Å². The molecule has 0 radical (unpaired) electrons. The molecule has 2 aromatic rings. The molecule has 0 amide bonds. The number of benzene rings is 2. The topological polar surface area (TPSA) is 60.2 Å². The summed E-state index contributed by atoms with van der Waals surface area (Å²) in [4.78, 5) is 21.4. The average Bonchev–Trinajstić information content (AvgIpc) is 2.39. The minimum Gasteiger partial charge on any atom is -0.276 e. The van der Waals surface area contributed by atoms with Crippen molar-refractivity contribution in [2.75, 3.05) is 0 Å². The van der Waals surface area contributed by atoms with Gasteiger partial charge in [0.25, 0.3) is 10.9 Å². The van der Waals surface area contributed by atoms with Crippen molar-refractivity contribution in [1.82, 2.24) is 0 Å². The van der Waals surface area contributed by atoms with E-state index < -0.39 is 10.2 Å². The van der Waals surface area contributed by atoms with E-state index in [0.29, 0.717) is 12.0 Å². The number of rotatable bonds is 4. The van der Waals surface area contributed by atoms with Crippen LogP contribution in [0.5, 0.6) is 0 Å². The zero-order valence-corrected chi connectivity index (χ0v) is 10.6. The Labute approximate surface area is 114 Å². The van der Waals surface area contributed by atoms with Crippen LogP contribution < -0.4 is 0 Å². The summed E-state index contributed by atoms with van der Waals surface area (Å²) in [6.07, 6.45) is 0.507. The Morgan fingerprint density at radius 1 is 1.11 bits per heavy atom. The summed E-state index contributed by atoms with van der Waals surface area (Å²) in [5.74, 6) is 0. The summed E-state index contributed by atoms with van der Waals surface area (Å²) in [5, 5.41) is 10.1. The first-order chi connectivity index (χ1) is 9.08. The Morgan fingerprint density at radius 3 is 2.32 bits per heavy atom. The summed E-state index contributed by atoms with van der Waals surface area (Å²) in [6.45, 7) is 0. The molecule has 0 aliphatic carbocycles. The van der Waals surface area contributed by atoms with Crippen molar-refractivity contribution in [1.29, 1.82) is 0 Å². The van der Waals surface area contributed by atoms with Gasteiger partial charge in [0.15, 0.2) is 0 Å². The van der Waals surface area contributed by atoms with E-state index in [0.717, 1.165) is 11.1 Å². The standard InChI is InChI=1S/C14H10ClNO3/c15-14(17)13-4-2-1-3-11(13)9-10-5-7-12(8-6-10)16(18)19/h1-8H,9H2. The van der Waals surface area contributed by atoms with Crippen LogP contribution in [0.4, 0.5) is 5.69 Å². The molecule has 2 rings (SSSR count). The highest BCUT2D eigenvalue weighted by Gasteiger charge is 2.09. The quantitative estimate of drug-likeness (QED) is 0.487. The number of hydrogen-bond donors (Lipinski definition) is 0. The molecule has 4 nitrogen and oxygen atoms in total. The van der Waals surface area contributed by atoms with Gasteiger partial charge in [-0.2, -0.15) is 0 Å². The molecule has 0 fully saturated rings. The van der Waals surface area contributed by atoms with E-state index in [1.165, 1.54) is 12.1 Å². The lowest BCUT2D eigenvalue weighted by Crippen LogP contribution is -1.98. The second kappa shape index (κ2) is 5.63. The molecule has 0 aliphatic rings. The van der Waals surface area contributed by atoms with Gasteiger partial charge in [-0.15, -0.1) is 0 Å². The molecule has 0 saturated heterocycles. The van der Waals surface area contributed by atoms with Crippen LogP contribution in [0, 0.1) is 10.1 Å². The highest BCUT2D eigenvalue weighted by molar-refractivity contribution is 6.67. The predicted molar refractivity (Wildman–Crippen MR) is 72.5 cm³/mol. The number of halogens is 1. The fourth-order valence-electron chi connectivity index (χ4n) is 1.82. The summed E-state index contributed by atoms with van der Waals surface area (Å²) in [7, 11) is 0. The van der Waals surface area contributed by atoms with Gasteiger partial charge in [-0.05, 0) is 35.2 Å². The van der Waals surface area contributed by atoms with Gasteiger partial charge in [-0.25, -0.2) is 0 Å². The molecule has 96 valence electrons. The van der Waals surface area contributed by atoms with E-state index in [1.807, 2.05) is 12.1 Å². The van der Waals surface area contributed by atoms with Crippen molar-refractivity contribution in [2.45, 2.75) is 6.42 Å².